The van der Waals surface area contributed by atoms with Gasteiger partial charge < -0.3 is 9.52 Å². The number of hydrogen-bond acceptors (Lipinski definition) is 3. The third-order valence-corrected chi connectivity index (χ3v) is 3.49. The number of phenolic OH excluding ortho intramolecular Hbond substituents is 1. The minimum absolute atomic E-state index is 0.0572. The first-order valence-electron chi connectivity index (χ1n) is 7.43. The van der Waals surface area contributed by atoms with Crippen molar-refractivity contribution in [3.8, 4) is 5.75 Å². The number of phenols is 1. The zero-order chi connectivity index (χ0) is 16.2. The number of allylic oxidation sites excluding steroid dienone is 1. The van der Waals surface area contributed by atoms with Crippen LogP contribution in [0.3, 0.4) is 0 Å². The molecule has 0 spiro atoms. The molecule has 1 heterocycles. The lowest BCUT2D eigenvalue weighted by Gasteiger charge is -2.20. The van der Waals surface area contributed by atoms with E-state index in [2.05, 4.69) is 0 Å². The van der Waals surface area contributed by atoms with Gasteiger partial charge in [0.15, 0.2) is 5.78 Å². The van der Waals surface area contributed by atoms with Gasteiger partial charge in [-0.2, -0.15) is 0 Å². The van der Waals surface area contributed by atoms with Gasteiger partial charge in [-0.15, -0.1) is 0 Å². The second kappa shape index (κ2) is 6.65. The largest absolute Gasteiger partial charge is 0.508 e. The molecule has 1 aromatic carbocycles. The van der Waals surface area contributed by atoms with E-state index in [1.807, 2.05) is 39.0 Å². The second-order valence-electron chi connectivity index (χ2n) is 6.41. The molecule has 2 rings (SSSR count). The van der Waals surface area contributed by atoms with Gasteiger partial charge in [-0.3, -0.25) is 4.79 Å². The highest BCUT2D eigenvalue weighted by Gasteiger charge is 2.17. The third-order valence-electron chi connectivity index (χ3n) is 3.49. The van der Waals surface area contributed by atoms with Crippen LogP contribution in [0.25, 0.3) is 6.08 Å². The molecule has 3 nitrogen and oxygen atoms in total. The van der Waals surface area contributed by atoms with E-state index in [-0.39, 0.29) is 16.9 Å². The number of furan rings is 1. The minimum Gasteiger partial charge on any atom is -0.508 e. The van der Waals surface area contributed by atoms with Crippen molar-refractivity contribution in [2.24, 2.45) is 0 Å². The summed E-state index contributed by atoms with van der Waals surface area (Å²) >= 11 is 0. The normalized spacial score (nSPS) is 12.0. The fourth-order valence-corrected chi connectivity index (χ4v) is 2.23. The first-order valence-corrected chi connectivity index (χ1v) is 7.43. The molecule has 0 unspecified atom stereocenters. The molecule has 0 aliphatic carbocycles. The molecule has 0 radical (unpaired) electrons. The van der Waals surface area contributed by atoms with E-state index < -0.39 is 0 Å². The Morgan fingerprint density at radius 2 is 2.05 bits per heavy atom. The number of carbonyl (C=O) groups is 1. The molecule has 0 atom stereocenters. The number of aryl methyl sites for hydroxylation is 1. The summed E-state index contributed by atoms with van der Waals surface area (Å²) in [7, 11) is 0. The van der Waals surface area contributed by atoms with Crippen molar-refractivity contribution in [1.82, 2.24) is 0 Å². The molecule has 0 aliphatic rings. The fraction of sp³-hybridized carbons (Fsp3) is 0.316. The quantitative estimate of drug-likeness (QED) is 0.827. The summed E-state index contributed by atoms with van der Waals surface area (Å²) in [6, 6.07) is 9.09. The Bertz CT molecular complexity index is 658. The zero-order valence-corrected chi connectivity index (χ0v) is 13.3. The van der Waals surface area contributed by atoms with E-state index in [1.165, 1.54) is 0 Å². The molecule has 0 saturated carbocycles. The maximum absolute atomic E-state index is 11.9. The first kappa shape index (κ1) is 16.1. The Morgan fingerprint density at radius 3 is 2.68 bits per heavy atom. The highest BCUT2D eigenvalue weighted by atomic mass is 16.3. The summed E-state index contributed by atoms with van der Waals surface area (Å²) in [5.41, 5.74) is 1.64. The zero-order valence-electron chi connectivity index (χ0n) is 13.3. The highest BCUT2D eigenvalue weighted by Crippen LogP contribution is 2.31. The Kier molecular flexibility index (Phi) is 4.86. The number of hydrogen-bond donors (Lipinski definition) is 1. The van der Waals surface area contributed by atoms with Gasteiger partial charge in [-0.05, 0) is 46.9 Å². The second-order valence-corrected chi connectivity index (χ2v) is 6.41. The molecule has 116 valence electrons. The predicted octanol–water partition coefficient (Wildman–Crippen LogP) is 4.50. The van der Waals surface area contributed by atoms with Crippen LogP contribution in [0.4, 0.5) is 0 Å². The lowest BCUT2D eigenvalue weighted by atomic mass is 9.85. The van der Waals surface area contributed by atoms with E-state index >= 15 is 0 Å². The molecule has 22 heavy (non-hydrogen) atoms. The van der Waals surface area contributed by atoms with Gasteiger partial charge in [0.2, 0.25) is 0 Å². The minimum atomic E-state index is -0.142. The first-order chi connectivity index (χ1) is 10.4. The predicted molar refractivity (Wildman–Crippen MR) is 87.9 cm³/mol. The van der Waals surface area contributed by atoms with Crippen molar-refractivity contribution in [2.75, 3.05) is 0 Å². The van der Waals surface area contributed by atoms with Crippen molar-refractivity contribution >= 4 is 11.9 Å². The van der Waals surface area contributed by atoms with Crippen LogP contribution in [-0.4, -0.2) is 10.9 Å². The number of aromatic hydroxyl groups is 1. The van der Waals surface area contributed by atoms with E-state index in [1.54, 1.807) is 30.5 Å². The molecular weight excluding hydrogens is 276 g/mol. The molecule has 0 saturated heterocycles. The van der Waals surface area contributed by atoms with E-state index in [0.717, 1.165) is 16.9 Å². The van der Waals surface area contributed by atoms with Crippen molar-refractivity contribution in [2.45, 2.75) is 39.0 Å². The van der Waals surface area contributed by atoms with Gasteiger partial charge in [0, 0.05) is 12.8 Å². The van der Waals surface area contributed by atoms with Crippen molar-refractivity contribution < 1.29 is 14.3 Å². The van der Waals surface area contributed by atoms with E-state index in [9.17, 15) is 9.90 Å². The van der Waals surface area contributed by atoms with Crippen LogP contribution >= 0.6 is 0 Å². The topological polar surface area (TPSA) is 50.4 Å². The Morgan fingerprint density at radius 1 is 1.27 bits per heavy atom. The van der Waals surface area contributed by atoms with Crippen molar-refractivity contribution in [1.29, 1.82) is 0 Å². The molecule has 2 aromatic rings. The lowest BCUT2D eigenvalue weighted by Crippen LogP contribution is -2.11. The summed E-state index contributed by atoms with van der Waals surface area (Å²) in [4.78, 5) is 11.9. The number of rotatable bonds is 5. The SMILES string of the molecule is CC(C)(C)c1cc(C=CC(=O)CCc2ccco2)ccc1O. The number of carbonyl (C=O) groups excluding carboxylic acids is 1. The van der Waals surface area contributed by atoms with Gasteiger partial charge in [0.05, 0.1) is 6.26 Å². The monoisotopic (exact) mass is 298 g/mol. The third kappa shape index (κ3) is 4.35. The Labute approximate surface area is 131 Å². The van der Waals surface area contributed by atoms with E-state index in [4.69, 9.17) is 4.42 Å². The van der Waals surface area contributed by atoms with Crippen molar-refractivity contribution in [3.63, 3.8) is 0 Å². The summed E-state index contributed by atoms with van der Waals surface area (Å²) < 4.78 is 5.21. The van der Waals surface area contributed by atoms with Crippen LogP contribution in [-0.2, 0) is 16.6 Å². The molecule has 0 aliphatic heterocycles. The van der Waals surface area contributed by atoms with Gasteiger partial charge in [0.1, 0.15) is 11.5 Å². The fourth-order valence-electron chi connectivity index (χ4n) is 2.23. The van der Waals surface area contributed by atoms with Crippen LogP contribution in [0.15, 0.2) is 47.1 Å². The van der Waals surface area contributed by atoms with Crippen LogP contribution in [0.1, 0.15) is 44.1 Å². The van der Waals surface area contributed by atoms with Crippen LogP contribution in [0.5, 0.6) is 5.75 Å². The van der Waals surface area contributed by atoms with Gasteiger partial charge in [-0.25, -0.2) is 0 Å². The molecule has 1 N–H and O–H groups in total. The summed E-state index contributed by atoms with van der Waals surface area (Å²) in [6.45, 7) is 6.14. The average molecular weight is 298 g/mol. The Balaban J connectivity index is 2.02. The van der Waals surface area contributed by atoms with E-state index in [0.29, 0.717) is 12.8 Å². The molecule has 1 aromatic heterocycles. The number of ketones is 1. The maximum Gasteiger partial charge on any atom is 0.156 e. The van der Waals surface area contributed by atoms with Crippen molar-refractivity contribution in [3.05, 3.63) is 59.6 Å². The molecular formula is C19H22O3. The van der Waals surface area contributed by atoms with Crippen LogP contribution in [0, 0.1) is 0 Å². The molecule has 3 heteroatoms. The van der Waals surface area contributed by atoms with Crippen LogP contribution in [0.2, 0.25) is 0 Å². The molecule has 0 amide bonds. The summed E-state index contributed by atoms with van der Waals surface area (Å²) in [6.07, 6.45) is 6.02. The maximum atomic E-state index is 11.9. The van der Waals surface area contributed by atoms with Gasteiger partial charge in [-0.1, -0.05) is 32.9 Å². The van der Waals surface area contributed by atoms with Crippen LogP contribution < -0.4 is 0 Å². The standard InChI is InChI=1S/C19H22O3/c1-19(2,3)17-13-14(7-11-18(17)21)6-8-15(20)9-10-16-5-4-12-22-16/h4-8,11-13,21H,9-10H2,1-3H3. The number of benzene rings is 1. The molecule has 0 fully saturated rings. The Hall–Kier alpha value is -2.29. The van der Waals surface area contributed by atoms with Gasteiger partial charge in [0.25, 0.3) is 0 Å². The summed E-state index contributed by atoms with van der Waals surface area (Å²) in [5.74, 6) is 1.16. The smallest absolute Gasteiger partial charge is 0.156 e. The lowest BCUT2D eigenvalue weighted by molar-refractivity contribution is -0.114. The molecule has 0 bridgehead atoms. The average Bonchev–Trinajstić information content (AvgIpc) is 2.96. The summed E-state index contributed by atoms with van der Waals surface area (Å²) in [5, 5.41) is 9.94. The van der Waals surface area contributed by atoms with Gasteiger partial charge >= 0.3 is 0 Å². The highest BCUT2D eigenvalue weighted by molar-refractivity contribution is 5.93.